The average molecular weight is 536 g/mol. The predicted molar refractivity (Wildman–Crippen MR) is 143 cm³/mol. The minimum Gasteiger partial charge on any atom is -0.493 e. The van der Waals surface area contributed by atoms with Crippen LogP contribution >= 0.6 is 0 Å². The number of methoxy groups -OCH3 is 4. The monoisotopic (exact) mass is 535 g/mol. The summed E-state index contributed by atoms with van der Waals surface area (Å²) in [6.45, 7) is 1.60. The van der Waals surface area contributed by atoms with Crippen molar-refractivity contribution in [2.45, 2.75) is 6.92 Å². The largest absolute Gasteiger partial charge is 0.493 e. The van der Waals surface area contributed by atoms with E-state index in [4.69, 9.17) is 23.7 Å². The van der Waals surface area contributed by atoms with Crippen molar-refractivity contribution in [2.24, 2.45) is 5.10 Å². The van der Waals surface area contributed by atoms with Crippen LogP contribution in [0.2, 0.25) is 0 Å². The maximum absolute atomic E-state index is 12.5. The summed E-state index contributed by atoms with van der Waals surface area (Å²) in [6.07, 6.45) is 1.38. The number of rotatable bonds is 11. The van der Waals surface area contributed by atoms with Crippen LogP contribution in [0.5, 0.6) is 28.7 Å². The molecule has 0 saturated carbocycles. The Morgan fingerprint density at radius 3 is 2.00 bits per heavy atom. The van der Waals surface area contributed by atoms with Crippen molar-refractivity contribution in [1.29, 1.82) is 0 Å². The summed E-state index contributed by atoms with van der Waals surface area (Å²) in [7, 11) is 5.77. The Bertz CT molecular complexity index is 1340. The number of hydrazone groups is 1. The van der Waals surface area contributed by atoms with E-state index >= 15 is 0 Å². The lowest BCUT2D eigenvalue weighted by Gasteiger charge is -2.14. The zero-order valence-corrected chi connectivity index (χ0v) is 22.2. The summed E-state index contributed by atoms with van der Waals surface area (Å²) in [5, 5.41) is 6.40. The highest BCUT2D eigenvalue weighted by molar-refractivity contribution is 5.97. The van der Waals surface area contributed by atoms with Gasteiger partial charge < -0.3 is 29.0 Å². The van der Waals surface area contributed by atoms with Gasteiger partial charge in [0, 0.05) is 5.56 Å². The van der Waals surface area contributed by atoms with Crippen LogP contribution in [0.3, 0.4) is 0 Å². The summed E-state index contributed by atoms with van der Waals surface area (Å²) >= 11 is 0. The van der Waals surface area contributed by atoms with E-state index in [1.54, 1.807) is 30.3 Å². The Morgan fingerprint density at radius 2 is 1.41 bits per heavy atom. The molecule has 0 aliphatic heterocycles. The van der Waals surface area contributed by atoms with Crippen LogP contribution in [0.15, 0.2) is 59.7 Å². The van der Waals surface area contributed by atoms with Gasteiger partial charge >= 0.3 is 5.97 Å². The van der Waals surface area contributed by atoms with E-state index in [-0.39, 0.29) is 17.9 Å². The highest BCUT2D eigenvalue weighted by Gasteiger charge is 2.17. The molecular formula is C28H29N3O8. The zero-order valence-electron chi connectivity index (χ0n) is 22.2. The predicted octanol–water partition coefficient (Wildman–Crippen LogP) is 3.13. The van der Waals surface area contributed by atoms with Crippen LogP contribution in [0.25, 0.3) is 0 Å². The van der Waals surface area contributed by atoms with Gasteiger partial charge in [-0.2, -0.15) is 5.10 Å². The van der Waals surface area contributed by atoms with Gasteiger partial charge in [-0.3, -0.25) is 9.59 Å². The summed E-state index contributed by atoms with van der Waals surface area (Å²) < 4.78 is 26.5. The fraction of sp³-hybridized carbons (Fsp3) is 0.214. The van der Waals surface area contributed by atoms with Gasteiger partial charge in [0.15, 0.2) is 23.0 Å². The maximum Gasteiger partial charge on any atom is 0.343 e. The maximum atomic E-state index is 12.5. The molecule has 11 heteroatoms. The second-order valence-electron chi connectivity index (χ2n) is 8.06. The van der Waals surface area contributed by atoms with Gasteiger partial charge in [0.1, 0.15) is 0 Å². The lowest BCUT2D eigenvalue weighted by atomic mass is 10.1. The first kappa shape index (κ1) is 28.5. The summed E-state index contributed by atoms with van der Waals surface area (Å²) in [6, 6.07) is 14.8. The summed E-state index contributed by atoms with van der Waals surface area (Å²) in [5.74, 6) is -0.0863. The number of nitrogens with zero attached hydrogens (tertiary/aromatic N) is 1. The van der Waals surface area contributed by atoms with E-state index in [0.717, 1.165) is 5.56 Å². The number of hydrogen-bond acceptors (Lipinski definition) is 9. The van der Waals surface area contributed by atoms with E-state index in [0.29, 0.717) is 34.1 Å². The van der Waals surface area contributed by atoms with Crippen molar-refractivity contribution in [1.82, 2.24) is 10.7 Å². The van der Waals surface area contributed by atoms with Crippen LogP contribution < -0.4 is 34.4 Å². The average Bonchev–Trinajstić information content (AvgIpc) is 2.95. The van der Waals surface area contributed by atoms with Crippen LogP contribution in [0.4, 0.5) is 0 Å². The first-order valence-electron chi connectivity index (χ1n) is 11.7. The zero-order chi connectivity index (χ0) is 28.4. The summed E-state index contributed by atoms with van der Waals surface area (Å²) in [4.78, 5) is 37.1. The highest BCUT2D eigenvalue weighted by atomic mass is 16.6. The molecule has 0 spiro atoms. The fourth-order valence-electron chi connectivity index (χ4n) is 3.39. The Balaban J connectivity index is 1.56. The second kappa shape index (κ2) is 13.5. The number of ether oxygens (including phenoxy) is 5. The molecule has 0 saturated heterocycles. The van der Waals surface area contributed by atoms with Gasteiger partial charge in [0.05, 0.1) is 46.8 Å². The Kier molecular flexibility index (Phi) is 9.85. The summed E-state index contributed by atoms with van der Waals surface area (Å²) in [5.41, 5.74) is 4.56. The molecule has 0 bridgehead atoms. The number of carbonyl (C=O) groups excluding carboxylic acids is 3. The molecule has 0 fully saturated rings. The molecule has 3 aromatic carbocycles. The Labute approximate surface area is 225 Å². The molecule has 0 aromatic heterocycles. The van der Waals surface area contributed by atoms with Crippen LogP contribution in [0.1, 0.15) is 31.8 Å². The van der Waals surface area contributed by atoms with Gasteiger partial charge in [-0.25, -0.2) is 10.2 Å². The van der Waals surface area contributed by atoms with Crippen molar-refractivity contribution in [3.8, 4) is 28.7 Å². The third-order valence-corrected chi connectivity index (χ3v) is 5.42. The van der Waals surface area contributed by atoms with Crippen molar-refractivity contribution in [2.75, 3.05) is 35.0 Å². The first-order valence-corrected chi connectivity index (χ1v) is 11.7. The Hall–Kier alpha value is -5.06. The molecule has 0 heterocycles. The van der Waals surface area contributed by atoms with Crippen molar-refractivity contribution in [3.05, 3.63) is 76.9 Å². The molecule has 3 rings (SSSR count). The third-order valence-electron chi connectivity index (χ3n) is 5.42. The SMILES string of the molecule is COc1cc(/C=N/NC(=O)CNC(=O)c2cc(OC)c(OC)c(OC)c2)ccc1OC(=O)c1ccc(C)cc1. The lowest BCUT2D eigenvalue weighted by Crippen LogP contribution is -2.34. The van der Waals surface area contributed by atoms with E-state index in [2.05, 4.69) is 15.8 Å². The number of esters is 1. The molecule has 0 unspecified atom stereocenters. The minimum atomic E-state index is -0.553. The molecule has 39 heavy (non-hydrogen) atoms. The van der Waals surface area contributed by atoms with Gasteiger partial charge in [-0.1, -0.05) is 17.7 Å². The van der Waals surface area contributed by atoms with E-state index in [1.807, 2.05) is 19.1 Å². The third kappa shape index (κ3) is 7.48. The molecule has 0 aliphatic rings. The number of aryl methyl sites for hydroxylation is 1. The quantitative estimate of drug-likeness (QED) is 0.166. The normalized spacial score (nSPS) is 10.5. The number of amides is 2. The van der Waals surface area contributed by atoms with Gasteiger partial charge in [-0.15, -0.1) is 0 Å². The van der Waals surface area contributed by atoms with Crippen LogP contribution in [-0.4, -0.2) is 59.0 Å². The van der Waals surface area contributed by atoms with Crippen molar-refractivity contribution in [3.63, 3.8) is 0 Å². The number of nitrogens with one attached hydrogen (secondary N) is 2. The van der Waals surface area contributed by atoms with Crippen molar-refractivity contribution >= 4 is 24.0 Å². The van der Waals surface area contributed by atoms with E-state index in [1.165, 1.54) is 46.8 Å². The molecule has 2 amide bonds. The molecule has 2 N–H and O–H groups in total. The fourth-order valence-corrected chi connectivity index (χ4v) is 3.39. The number of carbonyl (C=O) groups is 3. The molecular weight excluding hydrogens is 506 g/mol. The smallest absolute Gasteiger partial charge is 0.343 e. The van der Waals surface area contributed by atoms with Gasteiger partial charge in [0.25, 0.3) is 11.8 Å². The molecule has 0 radical (unpaired) electrons. The van der Waals surface area contributed by atoms with E-state index < -0.39 is 17.8 Å². The minimum absolute atomic E-state index is 0.219. The first-order chi connectivity index (χ1) is 18.8. The van der Waals surface area contributed by atoms with Crippen molar-refractivity contribution < 1.29 is 38.1 Å². The Morgan fingerprint density at radius 1 is 0.769 bits per heavy atom. The number of benzene rings is 3. The lowest BCUT2D eigenvalue weighted by molar-refractivity contribution is -0.120. The topological polar surface area (TPSA) is 134 Å². The molecule has 11 nitrogen and oxygen atoms in total. The molecule has 0 aliphatic carbocycles. The second-order valence-corrected chi connectivity index (χ2v) is 8.06. The van der Waals surface area contributed by atoms with Gasteiger partial charge in [0.2, 0.25) is 5.75 Å². The molecule has 204 valence electrons. The highest BCUT2D eigenvalue weighted by Crippen LogP contribution is 2.38. The van der Waals surface area contributed by atoms with E-state index in [9.17, 15) is 14.4 Å². The van der Waals surface area contributed by atoms with Gasteiger partial charge in [-0.05, 0) is 55.0 Å². The van der Waals surface area contributed by atoms with Crippen LogP contribution in [-0.2, 0) is 4.79 Å². The van der Waals surface area contributed by atoms with Crippen LogP contribution in [0, 0.1) is 6.92 Å². The number of hydrogen-bond donors (Lipinski definition) is 2. The molecule has 0 atom stereocenters. The molecule has 3 aromatic rings. The standard InChI is InChI=1S/C28H29N3O8/c1-17-6-9-19(10-7-17)28(34)39-21-11-8-18(12-22(21)35-2)15-30-31-25(32)16-29-27(33)20-13-23(36-3)26(38-5)24(14-20)37-4/h6-15H,16H2,1-5H3,(H,29,33)(H,31,32)/b30-15+.